The first-order valence-electron chi connectivity index (χ1n) is 0.333. The van der Waals surface area contributed by atoms with Crippen molar-refractivity contribution in [3.8, 4) is 0 Å². The summed E-state index contributed by atoms with van der Waals surface area (Å²) in [6.45, 7) is 0. The van der Waals surface area contributed by atoms with Gasteiger partial charge in [-0.25, -0.2) is 0 Å². The van der Waals surface area contributed by atoms with Crippen LogP contribution < -0.4 is 0 Å². The normalized spacial score (nSPS) is 3.00. The molecular weight excluding hydrogens is 480 g/mol. The molecule has 0 atom stereocenters. The quantitative estimate of drug-likeness (QED) is 0.443. The van der Waals surface area contributed by atoms with E-state index in [1.54, 1.807) is 16.8 Å². The van der Waals surface area contributed by atoms with Crippen molar-refractivity contribution >= 4 is 0 Å². The summed E-state index contributed by atoms with van der Waals surface area (Å²) < 4.78 is 9.10. The van der Waals surface area contributed by atoms with E-state index < -0.39 is 15.5 Å². The summed E-state index contributed by atoms with van der Waals surface area (Å²) in [5.74, 6) is 0. The van der Waals surface area contributed by atoms with Crippen molar-refractivity contribution in [1.82, 2.24) is 0 Å². The molecule has 0 aromatic carbocycles. The second-order valence-corrected chi connectivity index (χ2v) is 3.29. The maximum Gasteiger partial charge on any atom is 0 e. The maximum atomic E-state index is 9.10. The van der Waals surface area contributed by atoms with Crippen LogP contribution in [0.1, 0.15) is 0 Å². The Bertz CT molecular complexity index is 13.5. The Hall–Kier alpha value is 1.86. The van der Waals surface area contributed by atoms with E-state index in [0.717, 1.165) is 0 Å². The first-order chi connectivity index (χ1) is 1.41. The maximum absolute atomic E-state index is 9.10. The molecule has 0 saturated heterocycles. The molecule has 0 heterocycles. The SMILES string of the molecule is [O]=[W][Mo].[W]. The molecule has 0 saturated carbocycles. The Labute approximate surface area is 56.2 Å². The van der Waals surface area contributed by atoms with E-state index in [4.69, 9.17) is 3.40 Å². The Balaban J connectivity index is 0. The molecular formula is MoOW2. The average molecular weight is 480 g/mol. The van der Waals surface area contributed by atoms with Gasteiger partial charge in [-0.05, 0) is 0 Å². The van der Waals surface area contributed by atoms with Gasteiger partial charge in [-0.1, -0.05) is 0 Å². The molecule has 0 aromatic rings. The van der Waals surface area contributed by atoms with Gasteiger partial charge in [0.2, 0.25) is 0 Å². The second-order valence-electron chi connectivity index (χ2n) is 0.0680. The van der Waals surface area contributed by atoms with E-state index in [2.05, 4.69) is 0 Å². The van der Waals surface area contributed by atoms with Crippen molar-refractivity contribution in [3.05, 3.63) is 0 Å². The minimum Gasteiger partial charge on any atom is 0 e. The van der Waals surface area contributed by atoms with Crippen molar-refractivity contribution in [2.24, 2.45) is 0 Å². The summed E-state index contributed by atoms with van der Waals surface area (Å²) in [4.78, 5) is 0. The molecule has 0 rings (SSSR count). The number of hydrogen-bond acceptors (Lipinski definition) is 1. The number of rotatable bonds is 0. The molecule has 0 bridgehead atoms. The first kappa shape index (κ1) is 9.29. The predicted molar refractivity (Wildman–Crippen MR) is 0.686 cm³/mol. The molecule has 0 aliphatic carbocycles. The summed E-state index contributed by atoms with van der Waals surface area (Å²) in [5.41, 5.74) is 0. The van der Waals surface area contributed by atoms with Crippen LogP contribution >= 0.6 is 0 Å². The molecule has 0 radical (unpaired) electrons. The van der Waals surface area contributed by atoms with Gasteiger partial charge in [0.05, 0.1) is 0 Å². The molecule has 24 valence electrons. The summed E-state index contributed by atoms with van der Waals surface area (Å²) in [6.07, 6.45) is 0. The van der Waals surface area contributed by atoms with E-state index in [-0.39, 0.29) is 21.1 Å². The third-order valence-corrected chi connectivity index (χ3v) is 0. The molecule has 4 heteroatoms. The van der Waals surface area contributed by atoms with Crippen LogP contribution in [0.25, 0.3) is 0 Å². The summed E-state index contributed by atoms with van der Waals surface area (Å²) >= 11 is 0.692. The molecule has 0 aliphatic rings. The van der Waals surface area contributed by atoms with E-state index in [1.165, 1.54) is 0 Å². The molecule has 0 amide bonds. The van der Waals surface area contributed by atoms with Gasteiger partial charge in [-0.15, -0.1) is 0 Å². The zero-order chi connectivity index (χ0) is 2.71. The van der Waals surface area contributed by atoms with Gasteiger partial charge in [-0.3, -0.25) is 0 Å². The zero-order valence-corrected chi connectivity index (χ0v) is 9.51. The van der Waals surface area contributed by atoms with Gasteiger partial charge in [0.15, 0.2) is 0 Å². The second kappa shape index (κ2) is 8.85. The van der Waals surface area contributed by atoms with Gasteiger partial charge in [0, 0.05) is 21.1 Å². The largest absolute Gasteiger partial charge is 0 e. The van der Waals surface area contributed by atoms with Gasteiger partial charge >= 0.3 is 35.7 Å². The van der Waals surface area contributed by atoms with Crippen LogP contribution in [0.4, 0.5) is 0 Å². The fourth-order valence-electron chi connectivity index (χ4n) is 0. The van der Waals surface area contributed by atoms with Crippen LogP contribution in [-0.2, 0) is 56.8 Å². The molecule has 0 aromatic heterocycles. The van der Waals surface area contributed by atoms with Crippen LogP contribution in [0.15, 0.2) is 0 Å². The standard InChI is InChI=1S/Mo.O.2W. The third kappa shape index (κ3) is 9.12. The van der Waals surface area contributed by atoms with Crippen molar-refractivity contribution in [3.63, 3.8) is 0 Å². The Morgan fingerprint density at radius 2 is 1.75 bits per heavy atom. The van der Waals surface area contributed by atoms with Crippen LogP contribution in [0.5, 0.6) is 0 Å². The Morgan fingerprint density at radius 3 is 1.75 bits per heavy atom. The Morgan fingerprint density at radius 1 is 1.75 bits per heavy atom. The van der Waals surface area contributed by atoms with Crippen molar-refractivity contribution in [1.29, 1.82) is 0 Å². The third-order valence-electron chi connectivity index (χ3n) is 0. The topological polar surface area (TPSA) is 17.1 Å². The number of hydrogen-bond donors (Lipinski definition) is 0. The van der Waals surface area contributed by atoms with Gasteiger partial charge in [0.25, 0.3) is 0 Å². The van der Waals surface area contributed by atoms with Crippen LogP contribution in [0.2, 0.25) is 0 Å². The molecule has 0 N–H and O–H groups in total. The summed E-state index contributed by atoms with van der Waals surface area (Å²) in [6, 6.07) is 0. The van der Waals surface area contributed by atoms with Crippen LogP contribution in [-0.4, -0.2) is 0 Å². The zero-order valence-electron chi connectivity index (χ0n) is 1.63. The van der Waals surface area contributed by atoms with Gasteiger partial charge in [0.1, 0.15) is 0 Å². The smallest absolute Gasteiger partial charge is 0 e. The average Bonchev–Trinajstić information content (AvgIpc) is 0.918. The summed E-state index contributed by atoms with van der Waals surface area (Å²) in [7, 11) is 0. The molecule has 0 fully saturated rings. The minimum absolute atomic E-state index is 0. The predicted octanol–water partition coefficient (Wildman–Crippen LogP) is -0.126. The molecule has 0 spiro atoms. The van der Waals surface area contributed by atoms with Crippen LogP contribution in [0.3, 0.4) is 0 Å². The molecule has 0 unspecified atom stereocenters. The Kier molecular flexibility index (Phi) is 20.6. The van der Waals surface area contributed by atoms with Gasteiger partial charge in [-0.2, -0.15) is 0 Å². The van der Waals surface area contributed by atoms with Crippen molar-refractivity contribution in [2.75, 3.05) is 0 Å². The fraction of sp³-hybridized carbons (Fsp3) is 0. The van der Waals surface area contributed by atoms with Crippen molar-refractivity contribution in [2.45, 2.75) is 0 Å². The van der Waals surface area contributed by atoms with E-state index in [1.807, 2.05) is 0 Å². The van der Waals surface area contributed by atoms with Crippen molar-refractivity contribution < 1.29 is 56.8 Å². The van der Waals surface area contributed by atoms with E-state index in [0.29, 0.717) is 0 Å². The van der Waals surface area contributed by atoms with E-state index in [9.17, 15) is 0 Å². The van der Waals surface area contributed by atoms with Crippen LogP contribution in [0, 0.1) is 0 Å². The molecule has 4 heavy (non-hydrogen) atoms. The molecule has 0 aliphatic heterocycles. The van der Waals surface area contributed by atoms with E-state index >= 15 is 0 Å². The van der Waals surface area contributed by atoms with Gasteiger partial charge < -0.3 is 0 Å². The fourth-order valence-corrected chi connectivity index (χ4v) is 0. The molecule has 1 nitrogen and oxygen atoms in total. The first-order valence-corrected chi connectivity index (χ1v) is 9.44. The summed E-state index contributed by atoms with van der Waals surface area (Å²) in [5, 5.41) is 0. The monoisotopic (exact) mass is 482 g/mol. The minimum atomic E-state index is -0.990.